The minimum atomic E-state index is -0.274. The Morgan fingerprint density at radius 3 is 2.85 bits per heavy atom. The maximum atomic E-state index is 13.0. The summed E-state index contributed by atoms with van der Waals surface area (Å²) >= 11 is 2.04. The zero-order chi connectivity index (χ0) is 14.5. The third-order valence-corrected chi connectivity index (χ3v) is 3.36. The maximum Gasteiger partial charge on any atom is 0.320 e. The molecule has 2 aromatic rings. The van der Waals surface area contributed by atoms with Gasteiger partial charge in [-0.1, -0.05) is 18.9 Å². The molecule has 0 bridgehead atoms. The lowest BCUT2D eigenvalue weighted by Crippen LogP contribution is -2.19. The summed E-state index contributed by atoms with van der Waals surface area (Å²) in [6, 6.07) is 4.75. The molecule has 0 aliphatic rings. The van der Waals surface area contributed by atoms with Crippen LogP contribution in [-0.2, 0) is 6.54 Å². The van der Waals surface area contributed by atoms with E-state index in [1.165, 1.54) is 12.1 Å². The van der Waals surface area contributed by atoms with Gasteiger partial charge in [-0.2, -0.15) is 0 Å². The molecular formula is C13H16FIN4O. The van der Waals surface area contributed by atoms with Gasteiger partial charge >= 0.3 is 6.01 Å². The van der Waals surface area contributed by atoms with Gasteiger partial charge in [0.25, 0.3) is 0 Å². The van der Waals surface area contributed by atoms with Crippen molar-refractivity contribution in [3.63, 3.8) is 0 Å². The van der Waals surface area contributed by atoms with Gasteiger partial charge in [-0.05, 0) is 53.3 Å². The lowest BCUT2D eigenvalue weighted by Gasteiger charge is -2.04. The Morgan fingerprint density at radius 1 is 1.35 bits per heavy atom. The fourth-order valence-electron chi connectivity index (χ4n) is 1.55. The van der Waals surface area contributed by atoms with E-state index in [9.17, 15) is 4.39 Å². The first-order chi connectivity index (χ1) is 9.54. The number of anilines is 2. The molecule has 7 heteroatoms. The third kappa shape index (κ3) is 4.41. The molecule has 5 nitrogen and oxygen atoms in total. The first kappa shape index (κ1) is 15.2. The average molecular weight is 390 g/mol. The van der Waals surface area contributed by atoms with Gasteiger partial charge in [0.05, 0.1) is 12.2 Å². The van der Waals surface area contributed by atoms with E-state index in [1.807, 2.05) is 22.6 Å². The van der Waals surface area contributed by atoms with E-state index >= 15 is 0 Å². The number of nitrogens with one attached hydrogen (secondary N) is 2. The van der Waals surface area contributed by atoms with E-state index < -0.39 is 0 Å². The number of halogens is 2. The van der Waals surface area contributed by atoms with Crippen LogP contribution in [0.3, 0.4) is 0 Å². The maximum absolute atomic E-state index is 13.0. The predicted molar refractivity (Wildman–Crippen MR) is 83.2 cm³/mol. The molecule has 0 fully saturated rings. The highest BCUT2D eigenvalue weighted by Crippen LogP contribution is 2.22. The third-order valence-electron chi connectivity index (χ3n) is 2.47. The van der Waals surface area contributed by atoms with Crippen molar-refractivity contribution in [1.82, 2.24) is 15.5 Å². The fraction of sp³-hybridized carbons (Fsp3) is 0.385. The van der Waals surface area contributed by atoms with Gasteiger partial charge in [0.1, 0.15) is 5.82 Å². The summed E-state index contributed by atoms with van der Waals surface area (Å²) in [5.41, 5.74) is 0.734. The zero-order valence-corrected chi connectivity index (χ0v) is 13.4. The normalized spacial score (nSPS) is 11.1. The van der Waals surface area contributed by atoms with Gasteiger partial charge in [0, 0.05) is 3.57 Å². The van der Waals surface area contributed by atoms with E-state index in [2.05, 4.69) is 34.7 Å². The summed E-state index contributed by atoms with van der Waals surface area (Å²) in [5, 5.41) is 14.0. The molecule has 108 valence electrons. The van der Waals surface area contributed by atoms with Crippen LogP contribution in [0, 0.1) is 15.3 Å². The molecule has 0 saturated carbocycles. The van der Waals surface area contributed by atoms with Crippen molar-refractivity contribution in [2.75, 3.05) is 11.9 Å². The highest BCUT2D eigenvalue weighted by atomic mass is 127. The second-order valence-electron chi connectivity index (χ2n) is 4.77. The zero-order valence-electron chi connectivity index (χ0n) is 11.3. The molecule has 20 heavy (non-hydrogen) atoms. The van der Waals surface area contributed by atoms with Crippen LogP contribution in [-0.4, -0.2) is 16.7 Å². The SMILES string of the molecule is CC(C)CNCc1nnc(Nc2ccc(F)cc2I)o1. The number of aromatic nitrogens is 2. The van der Waals surface area contributed by atoms with Crippen molar-refractivity contribution in [3.05, 3.63) is 33.5 Å². The summed E-state index contributed by atoms with van der Waals surface area (Å²) in [5.74, 6) is 0.811. The molecule has 0 unspecified atom stereocenters. The molecule has 0 aliphatic heterocycles. The molecule has 1 aromatic heterocycles. The van der Waals surface area contributed by atoms with Gasteiger partial charge in [-0.25, -0.2) is 4.39 Å². The summed E-state index contributed by atoms with van der Waals surface area (Å²) in [7, 11) is 0. The molecular weight excluding hydrogens is 374 g/mol. The van der Waals surface area contributed by atoms with E-state index in [0.29, 0.717) is 24.4 Å². The van der Waals surface area contributed by atoms with Crippen LogP contribution in [0.15, 0.2) is 22.6 Å². The van der Waals surface area contributed by atoms with Crippen LogP contribution in [0.2, 0.25) is 0 Å². The largest absolute Gasteiger partial charge is 0.406 e. The molecule has 0 atom stereocenters. The standard InChI is InChI=1S/C13H16FIN4O/c1-8(2)6-16-7-12-18-19-13(20-12)17-11-4-3-9(14)5-10(11)15/h3-5,8,16H,6-7H2,1-2H3,(H,17,19). The summed E-state index contributed by atoms with van der Waals surface area (Å²) < 4.78 is 19.2. The van der Waals surface area contributed by atoms with Gasteiger partial charge in [0.15, 0.2) is 0 Å². The molecule has 1 aromatic carbocycles. The van der Waals surface area contributed by atoms with Crippen LogP contribution >= 0.6 is 22.6 Å². The molecule has 0 saturated heterocycles. The van der Waals surface area contributed by atoms with Crippen LogP contribution in [0.4, 0.5) is 16.1 Å². The molecule has 1 heterocycles. The van der Waals surface area contributed by atoms with Crippen LogP contribution < -0.4 is 10.6 Å². The minimum absolute atomic E-state index is 0.274. The smallest absolute Gasteiger partial charge is 0.320 e. The highest BCUT2D eigenvalue weighted by molar-refractivity contribution is 14.1. The monoisotopic (exact) mass is 390 g/mol. The summed E-state index contributed by atoms with van der Waals surface area (Å²) in [6.07, 6.45) is 0. The van der Waals surface area contributed by atoms with E-state index in [0.717, 1.165) is 15.8 Å². The lowest BCUT2D eigenvalue weighted by atomic mass is 10.2. The van der Waals surface area contributed by atoms with Crippen molar-refractivity contribution in [3.8, 4) is 0 Å². The van der Waals surface area contributed by atoms with Crippen molar-refractivity contribution in [2.45, 2.75) is 20.4 Å². The fourth-order valence-corrected chi connectivity index (χ4v) is 2.16. The van der Waals surface area contributed by atoms with E-state index in [1.54, 1.807) is 6.07 Å². The number of rotatable bonds is 6. The first-order valence-electron chi connectivity index (χ1n) is 6.30. The van der Waals surface area contributed by atoms with Crippen molar-refractivity contribution in [1.29, 1.82) is 0 Å². The van der Waals surface area contributed by atoms with Crippen LogP contribution in [0.1, 0.15) is 19.7 Å². The second kappa shape index (κ2) is 6.98. The quantitative estimate of drug-likeness (QED) is 0.742. The number of hydrogen-bond donors (Lipinski definition) is 2. The molecule has 0 amide bonds. The number of nitrogens with zero attached hydrogens (tertiary/aromatic N) is 2. The molecule has 0 spiro atoms. The van der Waals surface area contributed by atoms with E-state index in [-0.39, 0.29) is 5.82 Å². The Hall–Kier alpha value is -1.22. The Balaban J connectivity index is 1.95. The van der Waals surface area contributed by atoms with E-state index in [4.69, 9.17) is 4.42 Å². The van der Waals surface area contributed by atoms with Crippen LogP contribution in [0.5, 0.6) is 0 Å². The Labute approximate surface area is 130 Å². The van der Waals surface area contributed by atoms with Gasteiger partial charge < -0.3 is 15.1 Å². The molecule has 0 radical (unpaired) electrons. The topological polar surface area (TPSA) is 63.0 Å². The van der Waals surface area contributed by atoms with Crippen molar-refractivity contribution in [2.24, 2.45) is 5.92 Å². The lowest BCUT2D eigenvalue weighted by molar-refractivity contribution is 0.460. The van der Waals surface area contributed by atoms with Crippen LogP contribution in [0.25, 0.3) is 0 Å². The number of hydrogen-bond acceptors (Lipinski definition) is 5. The Bertz CT molecular complexity index is 573. The highest BCUT2D eigenvalue weighted by Gasteiger charge is 2.08. The average Bonchev–Trinajstić information content (AvgIpc) is 2.80. The van der Waals surface area contributed by atoms with Gasteiger partial charge in [0.2, 0.25) is 5.89 Å². The van der Waals surface area contributed by atoms with Gasteiger partial charge in [-0.3, -0.25) is 0 Å². The predicted octanol–water partition coefficient (Wildman–Crippen LogP) is 3.30. The van der Waals surface area contributed by atoms with Crippen molar-refractivity contribution >= 4 is 34.3 Å². The molecule has 2 N–H and O–H groups in total. The molecule has 2 rings (SSSR count). The Kier molecular flexibility index (Phi) is 5.30. The van der Waals surface area contributed by atoms with Gasteiger partial charge in [-0.15, -0.1) is 5.10 Å². The first-order valence-corrected chi connectivity index (χ1v) is 7.37. The minimum Gasteiger partial charge on any atom is -0.406 e. The molecule has 0 aliphatic carbocycles. The van der Waals surface area contributed by atoms with Crippen molar-refractivity contribution < 1.29 is 8.81 Å². The summed E-state index contributed by atoms with van der Waals surface area (Å²) in [6.45, 7) is 5.68. The number of benzene rings is 1. The Morgan fingerprint density at radius 2 is 2.15 bits per heavy atom. The second-order valence-corrected chi connectivity index (χ2v) is 5.94. The summed E-state index contributed by atoms with van der Waals surface area (Å²) in [4.78, 5) is 0.